The van der Waals surface area contributed by atoms with Crippen molar-refractivity contribution in [2.75, 3.05) is 0 Å². The molecule has 0 aromatic carbocycles. The molecule has 0 saturated heterocycles. The number of hydrogen-bond acceptors (Lipinski definition) is 2. The molecule has 2 bridgehead atoms. The molecule has 2 aliphatic rings. The lowest BCUT2D eigenvalue weighted by atomic mass is 9.83. The Kier molecular flexibility index (Phi) is 2.79. The highest BCUT2D eigenvalue weighted by Crippen LogP contribution is 2.41. The lowest BCUT2D eigenvalue weighted by Crippen LogP contribution is -2.37. The summed E-state index contributed by atoms with van der Waals surface area (Å²) in [7, 11) is 0. The van der Waals surface area contributed by atoms with Crippen LogP contribution >= 0.6 is 12.4 Å². The normalized spacial score (nSPS) is 48.5. The van der Waals surface area contributed by atoms with Crippen LogP contribution in [-0.4, -0.2) is 17.3 Å². The first kappa shape index (κ1) is 9.30. The summed E-state index contributed by atoms with van der Waals surface area (Å²) >= 11 is 0. The topological polar surface area (TPSA) is 46.2 Å². The molecule has 3 heteroatoms. The third kappa shape index (κ3) is 1.53. The van der Waals surface area contributed by atoms with Crippen LogP contribution in [0.4, 0.5) is 0 Å². The molecule has 11 heavy (non-hydrogen) atoms. The second-order valence-electron chi connectivity index (χ2n) is 3.82. The number of hydrogen-bond donors (Lipinski definition) is 2. The molecule has 3 N–H and O–H groups in total. The van der Waals surface area contributed by atoms with Crippen LogP contribution in [0.5, 0.6) is 0 Å². The first-order valence-electron chi connectivity index (χ1n) is 4.21. The highest BCUT2D eigenvalue weighted by molar-refractivity contribution is 5.85. The molecule has 2 fully saturated rings. The summed E-state index contributed by atoms with van der Waals surface area (Å²) in [4.78, 5) is 0. The number of aliphatic hydroxyl groups is 1. The molecule has 2 atom stereocenters. The van der Waals surface area contributed by atoms with Crippen LogP contribution in [0.3, 0.4) is 0 Å². The summed E-state index contributed by atoms with van der Waals surface area (Å²) in [6, 6.07) is 0.376. The van der Waals surface area contributed by atoms with Gasteiger partial charge in [0.05, 0.1) is 6.10 Å². The molecule has 0 spiro atoms. The van der Waals surface area contributed by atoms with E-state index in [1.54, 1.807) is 0 Å². The van der Waals surface area contributed by atoms with E-state index in [0.29, 0.717) is 17.9 Å². The smallest absolute Gasteiger partial charge is 0.0597 e. The molecule has 0 aromatic rings. The van der Waals surface area contributed by atoms with Gasteiger partial charge in [-0.15, -0.1) is 12.4 Å². The Bertz CT molecular complexity index is 128. The molecule has 66 valence electrons. The SMILES string of the molecule is Cl.NC1CC2CCC(C1)C2O. The Hall–Kier alpha value is 0.210. The monoisotopic (exact) mass is 177 g/mol. The fourth-order valence-electron chi connectivity index (χ4n) is 2.54. The summed E-state index contributed by atoms with van der Waals surface area (Å²) in [5, 5.41) is 9.57. The van der Waals surface area contributed by atoms with Crippen LogP contribution in [0.2, 0.25) is 0 Å². The molecule has 2 nitrogen and oxygen atoms in total. The van der Waals surface area contributed by atoms with Crippen LogP contribution < -0.4 is 5.73 Å². The Labute approximate surface area is 73.6 Å². The van der Waals surface area contributed by atoms with Gasteiger partial charge in [-0.25, -0.2) is 0 Å². The Morgan fingerprint density at radius 2 is 1.55 bits per heavy atom. The van der Waals surface area contributed by atoms with Crippen molar-refractivity contribution in [3.05, 3.63) is 0 Å². The van der Waals surface area contributed by atoms with Gasteiger partial charge in [0, 0.05) is 6.04 Å². The van der Waals surface area contributed by atoms with Gasteiger partial charge in [0.15, 0.2) is 0 Å². The van der Waals surface area contributed by atoms with Gasteiger partial charge in [0.2, 0.25) is 0 Å². The fraction of sp³-hybridized carbons (Fsp3) is 1.00. The van der Waals surface area contributed by atoms with E-state index in [9.17, 15) is 5.11 Å². The quantitative estimate of drug-likeness (QED) is 0.578. The van der Waals surface area contributed by atoms with Crippen molar-refractivity contribution in [3.63, 3.8) is 0 Å². The lowest BCUT2D eigenvalue weighted by molar-refractivity contribution is 0.0532. The van der Waals surface area contributed by atoms with Gasteiger partial charge >= 0.3 is 0 Å². The van der Waals surface area contributed by atoms with Gasteiger partial charge in [-0.3, -0.25) is 0 Å². The van der Waals surface area contributed by atoms with Crippen molar-refractivity contribution in [2.45, 2.75) is 37.8 Å². The molecule has 2 rings (SSSR count). The highest BCUT2D eigenvalue weighted by atomic mass is 35.5. The van der Waals surface area contributed by atoms with Gasteiger partial charge in [-0.1, -0.05) is 0 Å². The minimum Gasteiger partial charge on any atom is -0.393 e. The molecule has 0 radical (unpaired) electrons. The molecular weight excluding hydrogens is 162 g/mol. The van der Waals surface area contributed by atoms with E-state index in [0.717, 1.165) is 12.8 Å². The van der Waals surface area contributed by atoms with Crippen LogP contribution in [0.15, 0.2) is 0 Å². The summed E-state index contributed by atoms with van der Waals surface area (Å²) in [6.07, 6.45) is 4.51. The van der Waals surface area contributed by atoms with Crippen LogP contribution in [-0.2, 0) is 0 Å². The maximum absolute atomic E-state index is 9.57. The molecule has 0 amide bonds. The molecule has 2 saturated carbocycles. The average molecular weight is 178 g/mol. The summed E-state index contributed by atoms with van der Waals surface area (Å²) in [5.74, 6) is 1.07. The largest absolute Gasteiger partial charge is 0.393 e. The van der Waals surface area contributed by atoms with E-state index in [4.69, 9.17) is 5.73 Å². The number of nitrogens with two attached hydrogens (primary N) is 1. The predicted octanol–water partition coefficient (Wildman–Crippen LogP) is 0.916. The first-order chi connectivity index (χ1) is 4.77. The summed E-state index contributed by atoms with van der Waals surface area (Å²) < 4.78 is 0. The number of rotatable bonds is 0. The molecule has 0 aliphatic heterocycles. The van der Waals surface area contributed by atoms with E-state index in [1.165, 1.54) is 12.8 Å². The van der Waals surface area contributed by atoms with E-state index in [-0.39, 0.29) is 18.5 Å². The second kappa shape index (κ2) is 3.30. The molecule has 0 heterocycles. The minimum absolute atomic E-state index is 0. The Morgan fingerprint density at radius 1 is 1.09 bits per heavy atom. The minimum atomic E-state index is -0.0141. The zero-order valence-electron chi connectivity index (χ0n) is 6.57. The maximum atomic E-state index is 9.57. The third-order valence-electron chi connectivity index (χ3n) is 3.09. The third-order valence-corrected chi connectivity index (χ3v) is 3.09. The summed E-state index contributed by atoms with van der Waals surface area (Å²) in [6.45, 7) is 0. The molecular formula is C8H16ClNO. The van der Waals surface area contributed by atoms with Crippen molar-refractivity contribution in [1.29, 1.82) is 0 Å². The van der Waals surface area contributed by atoms with Crippen molar-refractivity contribution in [3.8, 4) is 0 Å². The predicted molar refractivity (Wildman–Crippen MR) is 46.7 cm³/mol. The van der Waals surface area contributed by atoms with Gasteiger partial charge in [-0.05, 0) is 37.5 Å². The number of fused-ring (bicyclic) bond motifs is 2. The Balaban J connectivity index is 0.000000605. The van der Waals surface area contributed by atoms with Crippen molar-refractivity contribution >= 4 is 12.4 Å². The van der Waals surface area contributed by atoms with Crippen LogP contribution in [0, 0.1) is 11.8 Å². The van der Waals surface area contributed by atoms with Crippen LogP contribution in [0.25, 0.3) is 0 Å². The fourth-order valence-corrected chi connectivity index (χ4v) is 2.54. The van der Waals surface area contributed by atoms with Crippen molar-refractivity contribution in [1.82, 2.24) is 0 Å². The standard InChI is InChI=1S/C8H15NO.ClH/c9-7-3-5-1-2-6(4-7)8(5)10;/h5-8,10H,1-4,9H2;1H. The zero-order valence-corrected chi connectivity index (χ0v) is 7.39. The number of aliphatic hydroxyl groups excluding tert-OH is 1. The van der Waals surface area contributed by atoms with Gasteiger partial charge in [-0.2, -0.15) is 0 Å². The lowest BCUT2D eigenvalue weighted by Gasteiger charge is -2.29. The number of halogens is 1. The van der Waals surface area contributed by atoms with E-state index in [1.807, 2.05) is 0 Å². The average Bonchev–Trinajstić information content (AvgIpc) is 2.20. The van der Waals surface area contributed by atoms with Crippen molar-refractivity contribution < 1.29 is 5.11 Å². The molecule has 0 aromatic heterocycles. The van der Waals surface area contributed by atoms with E-state index >= 15 is 0 Å². The maximum Gasteiger partial charge on any atom is 0.0597 e. The highest BCUT2D eigenvalue weighted by Gasteiger charge is 2.40. The van der Waals surface area contributed by atoms with Gasteiger partial charge in [0.1, 0.15) is 0 Å². The first-order valence-corrected chi connectivity index (χ1v) is 4.21. The van der Waals surface area contributed by atoms with E-state index in [2.05, 4.69) is 0 Å². The molecule has 2 aliphatic carbocycles. The van der Waals surface area contributed by atoms with E-state index < -0.39 is 0 Å². The van der Waals surface area contributed by atoms with Crippen molar-refractivity contribution in [2.24, 2.45) is 17.6 Å². The Morgan fingerprint density at radius 3 is 2.00 bits per heavy atom. The second-order valence-corrected chi connectivity index (χ2v) is 3.82. The van der Waals surface area contributed by atoms with Crippen LogP contribution in [0.1, 0.15) is 25.7 Å². The zero-order chi connectivity index (χ0) is 7.14. The van der Waals surface area contributed by atoms with Gasteiger partial charge in [0.25, 0.3) is 0 Å². The van der Waals surface area contributed by atoms with Gasteiger partial charge < -0.3 is 10.8 Å². The molecule has 2 unspecified atom stereocenters. The summed E-state index contributed by atoms with van der Waals surface area (Å²) in [5.41, 5.74) is 5.81.